The molecule has 88 valence electrons. The van der Waals surface area contributed by atoms with E-state index in [9.17, 15) is 0 Å². The molecule has 0 saturated heterocycles. The van der Waals surface area contributed by atoms with Gasteiger partial charge in [-0.3, -0.25) is 0 Å². The quantitative estimate of drug-likeness (QED) is 0.926. The van der Waals surface area contributed by atoms with Gasteiger partial charge in [-0.2, -0.15) is 0 Å². The molecule has 3 nitrogen and oxygen atoms in total. The zero-order chi connectivity index (χ0) is 11.5. The molecule has 1 atom stereocenters. The molecule has 0 fully saturated rings. The topological polar surface area (TPSA) is 30.5 Å². The summed E-state index contributed by atoms with van der Waals surface area (Å²) >= 11 is 3.48. The molecule has 1 aromatic rings. The van der Waals surface area contributed by atoms with Crippen LogP contribution in [0.4, 0.5) is 5.69 Å². The molecule has 1 N–H and O–H groups in total. The van der Waals surface area contributed by atoms with Crippen molar-refractivity contribution in [3.8, 4) is 5.75 Å². The fraction of sp³-hybridized carbons (Fsp3) is 0.500. The van der Waals surface area contributed by atoms with Crippen molar-refractivity contribution < 1.29 is 9.47 Å². The molecule has 0 spiro atoms. The molecule has 0 amide bonds. The molecule has 1 unspecified atom stereocenters. The van der Waals surface area contributed by atoms with Gasteiger partial charge in [-0.05, 0) is 41.9 Å². The standard InChI is InChI=1S/C12H16BrNO2/c1-8(2)15-7-9-6-14-11-5-3-4-10(13)12(11)16-9/h3-5,8-9,14H,6-7H2,1-2H3. The molecule has 1 aliphatic rings. The van der Waals surface area contributed by atoms with E-state index in [4.69, 9.17) is 9.47 Å². The van der Waals surface area contributed by atoms with E-state index in [0.717, 1.165) is 22.5 Å². The molecule has 0 bridgehead atoms. The maximum atomic E-state index is 5.88. The Morgan fingerprint density at radius 2 is 2.38 bits per heavy atom. The predicted molar refractivity (Wildman–Crippen MR) is 68.1 cm³/mol. The highest BCUT2D eigenvalue weighted by atomic mass is 79.9. The lowest BCUT2D eigenvalue weighted by Gasteiger charge is -2.28. The number of para-hydroxylation sites is 1. The van der Waals surface area contributed by atoms with E-state index in [1.54, 1.807) is 0 Å². The summed E-state index contributed by atoms with van der Waals surface area (Å²) in [4.78, 5) is 0. The van der Waals surface area contributed by atoms with E-state index >= 15 is 0 Å². The number of ether oxygens (including phenoxy) is 2. The Balaban J connectivity index is 2.03. The molecule has 2 rings (SSSR count). The van der Waals surface area contributed by atoms with Crippen molar-refractivity contribution in [1.82, 2.24) is 0 Å². The SMILES string of the molecule is CC(C)OCC1CNc2cccc(Br)c2O1. The molecule has 4 heteroatoms. The van der Waals surface area contributed by atoms with Crippen LogP contribution in [0.2, 0.25) is 0 Å². The number of hydrogen-bond acceptors (Lipinski definition) is 3. The lowest BCUT2D eigenvalue weighted by Crippen LogP contribution is -2.35. The van der Waals surface area contributed by atoms with Crippen LogP contribution in [-0.4, -0.2) is 25.4 Å². The first-order valence-electron chi connectivity index (χ1n) is 5.47. The largest absolute Gasteiger partial charge is 0.483 e. The van der Waals surface area contributed by atoms with Gasteiger partial charge in [0.2, 0.25) is 0 Å². The Kier molecular flexibility index (Phi) is 3.71. The minimum atomic E-state index is 0.0774. The molecule has 0 radical (unpaired) electrons. The minimum absolute atomic E-state index is 0.0774. The fourth-order valence-electron chi connectivity index (χ4n) is 1.59. The van der Waals surface area contributed by atoms with Gasteiger partial charge in [-0.1, -0.05) is 6.07 Å². The first-order valence-corrected chi connectivity index (χ1v) is 6.26. The Morgan fingerprint density at radius 3 is 3.12 bits per heavy atom. The van der Waals surface area contributed by atoms with Crippen molar-refractivity contribution >= 4 is 21.6 Å². The Bertz CT molecular complexity index is 368. The van der Waals surface area contributed by atoms with E-state index in [-0.39, 0.29) is 12.2 Å². The highest BCUT2D eigenvalue weighted by Crippen LogP contribution is 2.36. The van der Waals surface area contributed by atoms with Crippen LogP contribution in [0.5, 0.6) is 5.75 Å². The summed E-state index contributed by atoms with van der Waals surface area (Å²) in [6.45, 7) is 5.46. The number of fused-ring (bicyclic) bond motifs is 1. The lowest BCUT2D eigenvalue weighted by atomic mass is 10.2. The minimum Gasteiger partial charge on any atom is -0.483 e. The summed E-state index contributed by atoms with van der Waals surface area (Å²) in [6.07, 6.45) is 0.317. The van der Waals surface area contributed by atoms with E-state index in [0.29, 0.717) is 6.61 Å². The van der Waals surface area contributed by atoms with Gasteiger partial charge in [0.15, 0.2) is 5.75 Å². The molecular weight excluding hydrogens is 270 g/mol. The molecule has 0 saturated carbocycles. The summed E-state index contributed by atoms with van der Waals surface area (Å²) in [5, 5.41) is 3.34. The van der Waals surface area contributed by atoms with E-state index in [2.05, 4.69) is 21.2 Å². The Hall–Kier alpha value is -0.740. The zero-order valence-corrected chi connectivity index (χ0v) is 11.1. The summed E-state index contributed by atoms with van der Waals surface area (Å²) in [5.41, 5.74) is 1.04. The van der Waals surface area contributed by atoms with Gasteiger partial charge >= 0.3 is 0 Å². The molecule has 0 aliphatic carbocycles. The monoisotopic (exact) mass is 285 g/mol. The predicted octanol–water partition coefficient (Wildman–Crippen LogP) is 3.05. The Labute approximate surface area is 104 Å². The van der Waals surface area contributed by atoms with E-state index < -0.39 is 0 Å². The fourth-order valence-corrected chi connectivity index (χ4v) is 2.05. The van der Waals surface area contributed by atoms with Crippen molar-refractivity contribution in [3.63, 3.8) is 0 Å². The maximum Gasteiger partial charge on any atom is 0.157 e. The van der Waals surface area contributed by atoms with Gasteiger partial charge in [0, 0.05) is 0 Å². The maximum absolute atomic E-state index is 5.88. The summed E-state index contributed by atoms with van der Waals surface area (Å²) in [7, 11) is 0. The number of halogens is 1. The van der Waals surface area contributed by atoms with E-state index in [1.165, 1.54) is 0 Å². The average Bonchev–Trinajstić information content (AvgIpc) is 2.27. The summed E-state index contributed by atoms with van der Waals surface area (Å²) in [6, 6.07) is 5.98. The number of hydrogen-bond donors (Lipinski definition) is 1. The third-order valence-corrected chi connectivity index (χ3v) is 3.01. The third-order valence-electron chi connectivity index (χ3n) is 2.39. The van der Waals surface area contributed by atoms with Crippen molar-refractivity contribution in [2.24, 2.45) is 0 Å². The molecule has 1 aromatic carbocycles. The van der Waals surface area contributed by atoms with Crippen LogP contribution in [-0.2, 0) is 4.74 Å². The van der Waals surface area contributed by atoms with Crippen molar-refractivity contribution in [2.75, 3.05) is 18.5 Å². The highest BCUT2D eigenvalue weighted by molar-refractivity contribution is 9.10. The number of benzene rings is 1. The van der Waals surface area contributed by atoms with Crippen LogP contribution in [0.15, 0.2) is 22.7 Å². The van der Waals surface area contributed by atoms with Crippen LogP contribution in [0.3, 0.4) is 0 Å². The van der Waals surface area contributed by atoms with Crippen LogP contribution in [0.25, 0.3) is 0 Å². The summed E-state index contributed by atoms with van der Waals surface area (Å²) in [5.74, 6) is 0.881. The van der Waals surface area contributed by atoms with Crippen LogP contribution >= 0.6 is 15.9 Å². The summed E-state index contributed by atoms with van der Waals surface area (Å²) < 4.78 is 12.4. The molecule has 0 aromatic heterocycles. The average molecular weight is 286 g/mol. The molecule has 16 heavy (non-hydrogen) atoms. The van der Waals surface area contributed by atoms with Crippen molar-refractivity contribution in [2.45, 2.75) is 26.1 Å². The van der Waals surface area contributed by atoms with Crippen LogP contribution < -0.4 is 10.1 Å². The number of anilines is 1. The van der Waals surface area contributed by atoms with Crippen molar-refractivity contribution in [1.29, 1.82) is 0 Å². The van der Waals surface area contributed by atoms with E-state index in [1.807, 2.05) is 32.0 Å². The zero-order valence-electron chi connectivity index (χ0n) is 9.50. The third kappa shape index (κ3) is 2.68. The van der Waals surface area contributed by atoms with Gasteiger partial charge in [-0.25, -0.2) is 0 Å². The second-order valence-electron chi connectivity index (χ2n) is 4.12. The van der Waals surface area contributed by atoms with Crippen LogP contribution in [0.1, 0.15) is 13.8 Å². The lowest BCUT2D eigenvalue weighted by molar-refractivity contribution is 0.0187. The first kappa shape index (κ1) is 11.7. The Morgan fingerprint density at radius 1 is 1.56 bits per heavy atom. The van der Waals surface area contributed by atoms with Crippen molar-refractivity contribution in [3.05, 3.63) is 22.7 Å². The first-order chi connectivity index (χ1) is 7.66. The van der Waals surface area contributed by atoms with Gasteiger partial charge in [0.1, 0.15) is 6.10 Å². The van der Waals surface area contributed by atoms with Gasteiger partial charge in [0.05, 0.1) is 29.4 Å². The highest BCUT2D eigenvalue weighted by Gasteiger charge is 2.21. The molecular formula is C12H16BrNO2. The molecule has 1 heterocycles. The number of nitrogens with one attached hydrogen (secondary N) is 1. The van der Waals surface area contributed by atoms with Crippen LogP contribution in [0, 0.1) is 0 Å². The van der Waals surface area contributed by atoms with Gasteiger partial charge in [-0.15, -0.1) is 0 Å². The smallest absolute Gasteiger partial charge is 0.157 e. The van der Waals surface area contributed by atoms with Gasteiger partial charge < -0.3 is 14.8 Å². The normalized spacial score (nSPS) is 18.9. The second-order valence-corrected chi connectivity index (χ2v) is 4.97. The second kappa shape index (κ2) is 5.06. The molecule has 1 aliphatic heterocycles. The van der Waals surface area contributed by atoms with Gasteiger partial charge in [0.25, 0.3) is 0 Å². The number of rotatable bonds is 3.